The zero-order valence-electron chi connectivity index (χ0n) is 23.6. The largest absolute Gasteiger partial charge is 0.489 e. The molecule has 0 bridgehead atoms. The third-order valence-electron chi connectivity index (χ3n) is 7.16. The van der Waals surface area contributed by atoms with E-state index in [1.165, 1.54) is 6.07 Å². The second-order valence-corrected chi connectivity index (χ2v) is 10.1. The molecule has 0 unspecified atom stereocenters. The van der Waals surface area contributed by atoms with Crippen LogP contribution in [0.3, 0.4) is 0 Å². The number of carbonyl (C=O) groups excluding carboxylic acids is 1. The van der Waals surface area contributed by atoms with E-state index in [9.17, 15) is 9.18 Å². The molecule has 2 aliphatic rings. The number of nitrogens with one attached hydrogen (secondary N) is 2. The normalized spacial score (nSPS) is 14.7. The van der Waals surface area contributed by atoms with Crippen LogP contribution in [0.1, 0.15) is 12.0 Å². The van der Waals surface area contributed by atoms with Gasteiger partial charge in [0.05, 0.1) is 30.7 Å². The molecule has 0 radical (unpaired) electrons. The molecule has 6 rings (SSSR count). The molecule has 0 spiro atoms. The lowest BCUT2D eigenvalue weighted by Gasteiger charge is -2.26. The molecule has 1 aromatic heterocycles. The van der Waals surface area contributed by atoms with E-state index >= 15 is 0 Å². The second kappa shape index (κ2) is 13.6. The van der Waals surface area contributed by atoms with Crippen LogP contribution in [0.5, 0.6) is 28.7 Å². The first-order chi connectivity index (χ1) is 21.1. The lowest BCUT2D eigenvalue weighted by atomic mass is 10.1. The van der Waals surface area contributed by atoms with Crippen molar-refractivity contribution in [2.24, 2.45) is 0 Å². The number of amides is 2. The first-order valence-electron chi connectivity index (χ1n) is 14.3. The van der Waals surface area contributed by atoms with Crippen molar-refractivity contribution in [1.29, 1.82) is 0 Å². The average Bonchev–Trinajstić information content (AvgIpc) is 3.04. The van der Waals surface area contributed by atoms with Gasteiger partial charge in [-0.1, -0.05) is 18.2 Å². The molecular formula is C32H33FN4O6. The van der Waals surface area contributed by atoms with E-state index < -0.39 is 6.03 Å². The number of urea groups is 1. The number of nitrogens with zero attached hydrogens (tertiary/aromatic N) is 2. The smallest absolute Gasteiger partial charge is 0.319 e. The van der Waals surface area contributed by atoms with Crippen molar-refractivity contribution in [2.45, 2.75) is 13.0 Å². The van der Waals surface area contributed by atoms with E-state index in [1.807, 2.05) is 6.07 Å². The average molecular weight is 589 g/mol. The van der Waals surface area contributed by atoms with Gasteiger partial charge in [0.15, 0.2) is 11.5 Å². The van der Waals surface area contributed by atoms with Gasteiger partial charge in [0.1, 0.15) is 30.5 Å². The Morgan fingerprint density at radius 2 is 1.74 bits per heavy atom. The van der Waals surface area contributed by atoms with E-state index in [0.29, 0.717) is 70.7 Å². The Hall–Kier alpha value is -4.61. The number of aromatic nitrogens is 1. The molecule has 3 aromatic carbocycles. The quantitative estimate of drug-likeness (QED) is 0.239. The van der Waals surface area contributed by atoms with E-state index in [-0.39, 0.29) is 12.4 Å². The summed E-state index contributed by atoms with van der Waals surface area (Å²) >= 11 is 0. The van der Waals surface area contributed by atoms with Gasteiger partial charge in [-0.3, -0.25) is 9.88 Å². The molecular weight excluding hydrogens is 555 g/mol. The number of ether oxygens (including phenoxy) is 5. The van der Waals surface area contributed by atoms with Crippen molar-refractivity contribution >= 4 is 22.6 Å². The summed E-state index contributed by atoms with van der Waals surface area (Å²) < 4.78 is 43.7. The van der Waals surface area contributed by atoms with E-state index in [2.05, 4.69) is 20.5 Å². The highest BCUT2D eigenvalue weighted by atomic mass is 19.1. The summed E-state index contributed by atoms with van der Waals surface area (Å²) in [5, 5.41) is 6.09. The van der Waals surface area contributed by atoms with Gasteiger partial charge in [0, 0.05) is 49.7 Å². The molecule has 1 fully saturated rings. The van der Waals surface area contributed by atoms with Crippen molar-refractivity contribution in [2.75, 3.05) is 58.0 Å². The molecule has 2 N–H and O–H groups in total. The van der Waals surface area contributed by atoms with Crippen molar-refractivity contribution in [1.82, 2.24) is 15.2 Å². The van der Waals surface area contributed by atoms with E-state index in [0.717, 1.165) is 39.3 Å². The Labute approximate surface area is 248 Å². The summed E-state index contributed by atoms with van der Waals surface area (Å²) in [6, 6.07) is 16.4. The number of anilines is 1. The first kappa shape index (κ1) is 28.5. The maximum Gasteiger partial charge on any atom is 0.319 e. The van der Waals surface area contributed by atoms with E-state index in [4.69, 9.17) is 23.7 Å². The maximum absolute atomic E-state index is 13.8. The number of halogens is 1. The van der Waals surface area contributed by atoms with Crippen LogP contribution in [0.15, 0.2) is 66.9 Å². The summed E-state index contributed by atoms with van der Waals surface area (Å²) in [5.41, 5.74) is 1.63. The Morgan fingerprint density at radius 3 is 2.56 bits per heavy atom. The monoisotopic (exact) mass is 588 g/mol. The third kappa shape index (κ3) is 7.07. The van der Waals surface area contributed by atoms with Crippen LogP contribution in [0.25, 0.3) is 10.9 Å². The van der Waals surface area contributed by atoms with Gasteiger partial charge in [-0.25, -0.2) is 9.18 Å². The Balaban J connectivity index is 1.11. The van der Waals surface area contributed by atoms with Gasteiger partial charge in [0.2, 0.25) is 5.75 Å². The van der Waals surface area contributed by atoms with Gasteiger partial charge in [-0.05, 0) is 42.8 Å². The standard InChI is InChI=1S/C32H33FN4O6/c33-25-5-2-1-4-22(25)21-35-32(38)36-23-6-8-24(9-7-23)43-27-10-11-34-26-20-28(30-31(29(26)27)42-19-18-41-30)40-15-3-12-37-13-16-39-17-14-37/h1-2,4-11,20H,3,12-19,21H2,(H2,35,36,38). The molecule has 0 saturated carbocycles. The molecule has 2 amide bonds. The Bertz CT molecular complexity index is 1560. The first-order valence-corrected chi connectivity index (χ1v) is 14.3. The highest BCUT2D eigenvalue weighted by molar-refractivity contribution is 5.95. The predicted octanol–water partition coefficient (Wildman–Crippen LogP) is 5.36. The summed E-state index contributed by atoms with van der Waals surface area (Å²) in [6.45, 7) is 5.81. The van der Waals surface area contributed by atoms with Crippen molar-refractivity contribution in [3.05, 3.63) is 78.2 Å². The maximum atomic E-state index is 13.8. The number of benzene rings is 3. The predicted molar refractivity (Wildman–Crippen MR) is 159 cm³/mol. The van der Waals surface area contributed by atoms with Crippen molar-refractivity contribution < 1.29 is 32.9 Å². The fourth-order valence-electron chi connectivity index (χ4n) is 4.99. The highest BCUT2D eigenvalue weighted by Gasteiger charge is 2.25. The number of hydrogen-bond acceptors (Lipinski definition) is 8. The Kier molecular flexibility index (Phi) is 9.00. The molecule has 4 aromatic rings. The van der Waals surface area contributed by atoms with Gasteiger partial charge in [-0.2, -0.15) is 0 Å². The topological polar surface area (TPSA) is 103 Å². The van der Waals surface area contributed by atoms with Gasteiger partial charge in [-0.15, -0.1) is 0 Å². The van der Waals surface area contributed by atoms with Gasteiger partial charge < -0.3 is 34.3 Å². The zero-order chi connectivity index (χ0) is 29.4. The molecule has 1 saturated heterocycles. The number of rotatable bonds is 10. The summed E-state index contributed by atoms with van der Waals surface area (Å²) in [6.07, 6.45) is 2.55. The molecule has 43 heavy (non-hydrogen) atoms. The van der Waals surface area contributed by atoms with Gasteiger partial charge in [0.25, 0.3) is 0 Å². The minimum atomic E-state index is -0.444. The fourth-order valence-corrected chi connectivity index (χ4v) is 4.99. The molecule has 2 aliphatic heterocycles. The number of carbonyl (C=O) groups is 1. The second-order valence-electron chi connectivity index (χ2n) is 10.1. The molecule has 3 heterocycles. The van der Waals surface area contributed by atoms with Crippen molar-refractivity contribution in [3.8, 4) is 28.7 Å². The van der Waals surface area contributed by atoms with Crippen LogP contribution >= 0.6 is 0 Å². The number of pyridine rings is 1. The number of morpholine rings is 1. The SMILES string of the molecule is O=C(NCc1ccccc1F)Nc1ccc(Oc2ccnc3cc(OCCCN4CCOCC4)c4c(c23)OCCO4)cc1. The van der Waals surface area contributed by atoms with Crippen LogP contribution in [0.4, 0.5) is 14.9 Å². The minimum absolute atomic E-state index is 0.0755. The molecule has 0 aliphatic carbocycles. The number of hydrogen-bond donors (Lipinski definition) is 2. The van der Waals surface area contributed by atoms with Crippen LogP contribution in [-0.2, 0) is 11.3 Å². The summed E-state index contributed by atoms with van der Waals surface area (Å²) in [5.74, 6) is 2.42. The van der Waals surface area contributed by atoms with Crippen LogP contribution in [0.2, 0.25) is 0 Å². The lowest BCUT2D eigenvalue weighted by Crippen LogP contribution is -2.37. The van der Waals surface area contributed by atoms with Crippen LogP contribution < -0.4 is 29.6 Å². The molecule has 10 nitrogen and oxygen atoms in total. The summed E-state index contributed by atoms with van der Waals surface area (Å²) in [4.78, 5) is 19.2. The lowest BCUT2D eigenvalue weighted by molar-refractivity contribution is 0.0357. The van der Waals surface area contributed by atoms with Crippen LogP contribution in [-0.4, -0.2) is 68.6 Å². The number of fused-ring (bicyclic) bond motifs is 3. The third-order valence-corrected chi connectivity index (χ3v) is 7.16. The Morgan fingerprint density at radius 1 is 0.953 bits per heavy atom. The minimum Gasteiger partial charge on any atom is -0.489 e. The van der Waals surface area contributed by atoms with Gasteiger partial charge >= 0.3 is 6.03 Å². The zero-order valence-corrected chi connectivity index (χ0v) is 23.6. The molecule has 11 heteroatoms. The van der Waals surface area contributed by atoms with Crippen molar-refractivity contribution in [3.63, 3.8) is 0 Å². The molecule has 224 valence electrons. The van der Waals surface area contributed by atoms with E-state index in [1.54, 1.807) is 54.7 Å². The molecule has 0 atom stereocenters. The highest BCUT2D eigenvalue weighted by Crippen LogP contribution is 2.48. The fraction of sp³-hybridized carbons (Fsp3) is 0.312. The van der Waals surface area contributed by atoms with Crippen LogP contribution in [0, 0.1) is 5.82 Å². The summed E-state index contributed by atoms with van der Waals surface area (Å²) in [7, 11) is 0.